The van der Waals surface area contributed by atoms with Gasteiger partial charge in [-0.05, 0) is 60.8 Å². The molecule has 2 aliphatic heterocycles. The van der Waals surface area contributed by atoms with Crippen molar-refractivity contribution in [1.82, 2.24) is 10.2 Å². The quantitative estimate of drug-likeness (QED) is 0.657. The number of likely N-dealkylation sites (tertiary alicyclic amines) is 1. The Morgan fingerprint density at radius 2 is 2.06 bits per heavy atom. The van der Waals surface area contributed by atoms with Crippen LogP contribution in [0.1, 0.15) is 51.3 Å². The third kappa shape index (κ3) is 4.59. The fourth-order valence-electron chi connectivity index (χ4n) is 4.59. The molecule has 3 amide bonds. The summed E-state index contributed by atoms with van der Waals surface area (Å²) in [5, 5.41) is 2.97. The van der Waals surface area contributed by atoms with Crippen molar-refractivity contribution in [1.29, 1.82) is 0 Å². The smallest absolute Gasteiger partial charge is 0.261 e. The number of carbonyl (C=O) groups is 3. The first kappa shape index (κ1) is 22.5. The number of hydrogen-bond acceptors (Lipinski definition) is 5. The van der Waals surface area contributed by atoms with Gasteiger partial charge < -0.3 is 20.9 Å². The molecular formula is C23H29BN4O3S. The van der Waals surface area contributed by atoms with Crippen LogP contribution < -0.4 is 20.7 Å². The van der Waals surface area contributed by atoms with Crippen molar-refractivity contribution >= 4 is 47.4 Å². The van der Waals surface area contributed by atoms with Gasteiger partial charge in [-0.3, -0.25) is 14.4 Å². The van der Waals surface area contributed by atoms with Gasteiger partial charge in [0.2, 0.25) is 5.91 Å². The van der Waals surface area contributed by atoms with Gasteiger partial charge in [0.25, 0.3) is 11.8 Å². The molecule has 2 aromatic rings. The van der Waals surface area contributed by atoms with Gasteiger partial charge in [-0.2, -0.15) is 0 Å². The first-order valence-electron chi connectivity index (χ1n) is 11.2. The number of anilines is 1. The summed E-state index contributed by atoms with van der Waals surface area (Å²) >= 11 is 1.44. The van der Waals surface area contributed by atoms with E-state index in [0.717, 1.165) is 41.8 Å². The standard InChI is InChI=1S/C23H29BN4O3S/c1-14-10-16(5-6-18(14)23(31)27-9-3-2-4-17(27)12-25)28-13-15(11-21(28)29)26-22(30)19-7-8-20(24)32-19/h5-8,10,15,17H,2-4,9,11-13,24-25H2,1H3,(H,26,30). The van der Waals surface area contributed by atoms with Gasteiger partial charge in [0.15, 0.2) is 7.85 Å². The molecular weight excluding hydrogens is 423 g/mol. The summed E-state index contributed by atoms with van der Waals surface area (Å²) in [6.07, 6.45) is 3.31. The molecule has 2 aliphatic rings. The SMILES string of the molecule is Bc1ccc(C(=O)NC2CC(=O)N(c3ccc(C(=O)N4CCCCC4CN)c(C)c3)C2)s1. The molecule has 1 aromatic heterocycles. The number of nitrogens with two attached hydrogens (primary N) is 1. The van der Waals surface area contributed by atoms with Gasteiger partial charge >= 0.3 is 0 Å². The van der Waals surface area contributed by atoms with E-state index in [0.29, 0.717) is 23.5 Å². The van der Waals surface area contributed by atoms with Crippen molar-refractivity contribution in [3.63, 3.8) is 0 Å². The Hall–Kier alpha value is -2.65. The van der Waals surface area contributed by atoms with Crippen molar-refractivity contribution in [2.45, 2.75) is 44.7 Å². The second-order valence-electron chi connectivity index (χ2n) is 8.67. The lowest BCUT2D eigenvalue weighted by molar-refractivity contribution is -0.117. The fourth-order valence-corrected chi connectivity index (χ4v) is 5.36. The minimum Gasteiger partial charge on any atom is -0.346 e. The number of amides is 3. The Labute approximate surface area is 193 Å². The van der Waals surface area contributed by atoms with Crippen LogP contribution in [-0.4, -0.2) is 62.2 Å². The minimum absolute atomic E-state index is 0.00771. The molecule has 7 nitrogen and oxygen atoms in total. The third-order valence-electron chi connectivity index (χ3n) is 6.34. The number of nitrogens with zero attached hydrogens (tertiary/aromatic N) is 2. The Bertz CT molecular complexity index is 1040. The highest BCUT2D eigenvalue weighted by Gasteiger charge is 2.33. The van der Waals surface area contributed by atoms with Crippen LogP contribution in [0, 0.1) is 6.92 Å². The second-order valence-corrected chi connectivity index (χ2v) is 9.96. The minimum atomic E-state index is -0.238. The average Bonchev–Trinajstić information content (AvgIpc) is 3.38. The predicted octanol–water partition coefficient (Wildman–Crippen LogP) is 0.804. The van der Waals surface area contributed by atoms with E-state index >= 15 is 0 Å². The summed E-state index contributed by atoms with van der Waals surface area (Å²) in [7, 11) is 1.96. The molecule has 168 valence electrons. The maximum Gasteiger partial charge on any atom is 0.261 e. The first-order chi connectivity index (χ1) is 15.4. The topological polar surface area (TPSA) is 95.7 Å². The van der Waals surface area contributed by atoms with Crippen molar-refractivity contribution in [3.05, 3.63) is 46.3 Å². The summed E-state index contributed by atoms with van der Waals surface area (Å²) < 4.78 is 1.08. The fraction of sp³-hybridized carbons (Fsp3) is 0.435. The predicted molar refractivity (Wildman–Crippen MR) is 130 cm³/mol. The molecule has 2 saturated heterocycles. The average molecular weight is 452 g/mol. The van der Waals surface area contributed by atoms with E-state index in [2.05, 4.69) is 5.32 Å². The third-order valence-corrected chi connectivity index (χ3v) is 7.34. The number of benzene rings is 1. The Morgan fingerprint density at radius 3 is 2.75 bits per heavy atom. The molecule has 3 N–H and O–H groups in total. The zero-order valence-corrected chi connectivity index (χ0v) is 19.4. The van der Waals surface area contributed by atoms with Crippen molar-refractivity contribution in [2.75, 3.05) is 24.5 Å². The molecule has 0 spiro atoms. The lowest BCUT2D eigenvalue weighted by Crippen LogP contribution is -2.47. The van der Waals surface area contributed by atoms with E-state index in [1.807, 2.05) is 43.9 Å². The normalized spacial score (nSPS) is 21.1. The zero-order chi connectivity index (χ0) is 22.8. The number of thiophene rings is 1. The summed E-state index contributed by atoms with van der Waals surface area (Å²) in [5.41, 5.74) is 8.13. The van der Waals surface area contributed by atoms with Gasteiger partial charge in [0.1, 0.15) is 0 Å². The van der Waals surface area contributed by atoms with E-state index < -0.39 is 0 Å². The lowest BCUT2D eigenvalue weighted by Gasteiger charge is -2.35. The van der Waals surface area contributed by atoms with Crippen LogP contribution in [0.5, 0.6) is 0 Å². The molecule has 2 atom stereocenters. The second kappa shape index (κ2) is 9.46. The summed E-state index contributed by atoms with van der Waals surface area (Å²) in [6.45, 7) is 3.53. The van der Waals surface area contributed by atoms with Gasteiger partial charge in [0.05, 0.1) is 10.9 Å². The van der Waals surface area contributed by atoms with Gasteiger partial charge in [-0.15, -0.1) is 11.3 Å². The van der Waals surface area contributed by atoms with E-state index in [9.17, 15) is 14.4 Å². The zero-order valence-electron chi connectivity index (χ0n) is 18.6. The molecule has 0 radical (unpaired) electrons. The van der Waals surface area contributed by atoms with Crippen molar-refractivity contribution in [3.8, 4) is 0 Å². The molecule has 32 heavy (non-hydrogen) atoms. The van der Waals surface area contributed by atoms with Crippen molar-refractivity contribution < 1.29 is 14.4 Å². The van der Waals surface area contributed by atoms with E-state index in [-0.39, 0.29) is 36.2 Å². The molecule has 0 saturated carbocycles. The number of aryl methyl sites for hydroxylation is 1. The largest absolute Gasteiger partial charge is 0.346 e. The molecule has 4 rings (SSSR count). The molecule has 2 unspecified atom stereocenters. The molecule has 1 aromatic carbocycles. The summed E-state index contributed by atoms with van der Waals surface area (Å²) in [4.78, 5) is 42.5. The van der Waals surface area contributed by atoms with Crippen LogP contribution in [0.3, 0.4) is 0 Å². The Balaban J connectivity index is 1.45. The van der Waals surface area contributed by atoms with E-state index in [4.69, 9.17) is 5.73 Å². The highest BCUT2D eigenvalue weighted by atomic mass is 32.1. The number of piperidine rings is 1. The van der Waals surface area contributed by atoms with E-state index in [1.165, 1.54) is 11.3 Å². The summed E-state index contributed by atoms with van der Waals surface area (Å²) in [6, 6.07) is 9.09. The van der Waals surface area contributed by atoms with Gasteiger partial charge in [-0.1, -0.05) is 6.07 Å². The maximum absolute atomic E-state index is 13.1. The van der Waals surface area contributed by atoms with Crippen LogP contribution in [0.4, 0.5) is 5.69 Å². The molecule has 0 aliphatic carbocycles. The van der Waals surface area contributed by atoms with Crippen LogP contribution in [0.2, 0.25) is 0 Å². The molecule has 0 bridgehead atoms. The van der Waals surface area contributed by atoms with Crippen LogP contribution >= 0.6 is 11.3 Å². The summed E-state index contributed by atoms with van der Waals surface area (Å²) in [5.74, 6) is -0.167. The van der Waals surface area contributed by atoms with E-state index in [1.54, 1.807) is 11.0 Å². The number of nitrogens with one attached hydrogen (secondary N) is 1. The number of carbonyl (C=O) groups excluding carboxylic acids is 3. The Morgan fingerprint density at radius 1 is 1.25 bits per heavy atom. The van der Waals surface area contributed by atoms with Gasteiger partial charge in [0, 0.05) is 43.3 Å². The molecule has 9 heteroatoms. The maximum atomic E-state index is 13.1. The molecule has 3 heterocycles. The number of rotatable bonds is 5. The van der Waals surface area contributed by atoms with Crippen LogP contribution in [0.15, 0.2) is 30.3 Å². The van der Waals surface area contributed by atoms with Gasteiger partial charge in [-0.25, -0.2) is 0 Å². The van der Waals surface area contributed by atoms with Crippen LogP contribution in [-0.2, 0) is 4.79 Å². The Kier molecular flexibility index (Phi) is 6.67. The highest BCUT2D eigenvalue weighted by Crippen LogP contribution is 2.27. The first-order valence-corrected chi connectivity index (χ1v) is 12.0. The van der Waals surface area contributed by atoms with Crippen LogP contribution in [0.25, 0.3) is 0 Å². The molecule has 2 fully saturated rings. The lowest BCUT2D eigenvalue weighted by atomic mass is 9.99. The van der Waals surface area contributed by atoms with Crippen molar-refractivity contribution in [2.24, 2.45) is 5.73 Å². The monoisotopic (exact) mass is 452 g/mol. The number of hydrogen-bond donors (Lipinski definition) is 2. The highest BCUT2D eigenvalue weighted by molar-refractivity contribution is 7.21.